The van der Waals surface area contributed by atoms with Crippen LogP contribution in [-0.2, 0) is 0 Å². The fourth-order valence-corrected chi connectivity index (χ4v) is 2.11. The SMILES string of the molecule is CC(CC(N)=S)n1ccnc1-c1ccccc1. The number of thiocarbonyl (C=S) groups is 1. The van der Waals surface area contributed by atoms with E-state index in [9.17, 15) is 0 Å². The quantitative estimate of drug-likeness (QED) is 0.842. The number of hydrogen-bond donors (Lipinski definition) is 1. The smallest absolute Gasteiger partial charge is 0.140 e. The van der Waals surface area contributed by atoms with Crippen LogP contribution in [0.3, 0.4) is 0 Å². The first kappa shape index (κ1) is 11.8. The van der Waals surface area contributed by atoms with Crippen molar-refractivity contribution in [2.24, 2.45) is 5.73 Å². The summed E-state index contributed by atoms with van der Waals surface area (Å²) in [5, 5.41) is 0. The summed E-state index contributed by atoms with van der Waals surface area (Å²) >= 11 is 4.95. The standard InChI is InChI=1S/C13H15N3S/c1-10(9-12(14)17)16-8-7-15-13(16)11-5-3-2-4-6-11/h2-8,10H,9H2,1H3,(H2,14,17). The predicted molar refractivity (Wildman–Crippen MR) is 73.8 cm³/mol. The van der Waals surface area contributed by atoms with Gasteiger partial charge in [0.15, 0.2) is 0 Å². The number of nitrogens with two attached hydrogens (primary N) is 1. The average molecular weight is 245 g/mol. The lowest BCUT2D eigenvalue weighted by atomic mass is 10.2. The van der Waals surface area contributed by atoms with Crippen LogP contribution in [0.2, 0.25) is 0 Å². The van der Waals surface area contributed by atoms with Gasteiger partial charge in [0.2, 0.25) is 0 Å². The van der Waals surface area contributed by atoms with Gasteiger partial charge in [-0.1, -0.05) is 42.5 Å². The van der Waals surface area contributed by atoms with E-state index in [-0.39, 0.29) is 6.04 Å². The molecular formula is C13H15N3S. The summed E-state index contributed by atoms with van der Waals surface area (Å²) in [5.74, 6) is 0.953. The second kappa shape index (κ2) is 5.10. The summed E-state index contributed by atoms with van der Waals surface area (Å²) in [4.78, 5) is 4.93. The molecule has 2 N–H and O–H groups in total. The van der Waals surface area contributed by atoms with E-state index in [2.05, 4.69) is 16.5 Å². The molecule has 0 saturated heterocycles. The van der Waals surface area contributed by atoms with Crippen LogP contribution < -0.4 is 5.73 Å². The van der Waals surface area contributed by atoms with Gasteiger partial charge in [0.25, 0.3) is 0 Å². The predicted octanol–water partition coefficient (Wildman–Crippen LogP) is 2.79. The minimum Gasteiger partial charge on any atom is -0.393 e. The molecule has 4 heteroatoms. The van der Waals surface area contributed by atoms with Gasteiger partial charge in [0, 0.05) is 30.4 Å². The van der Waals surface area contributed by atoms with Crippen molar-refractivity contribution in [3.8, 4) is 11.4 Å². The Kier molecular flexibility index (Phi) is 3.54. The molecule has 0 radical (unpaired) electrons. The highest BCUT2D eigenvalue weighted by atomic mass is 32.1. The highest BCUT2D eigenvalue weighted by Crippen LogP contribution is 2.22. The third-order valence-electron chi connectivity index (χ3n) is 2.67. The zero-order valence-electron chi connectivity index (χ0n) is 9.71. The molecule has 2 rings (SSSR count). The van der Waals surface area contributed by atoms with Gasteiger partial charge >= 0.3 is 0 Å². The van der Waals surface area contributed by atoms with Gasteiger partial charge in [-0.15, -0.1) is 0 Å². The molecule has 0 aliphatic carbocycles. The summed E-state index contributed by atoms with van der Waals surface area (Å²) in [6.45, 7) is 2.09. The first-order valence-corrected chi connectivity index (χ1v) is 5.96. The van der Waals surface area contributed by atoms with Crippen molar-refractivity contribution in [2.45, 2.75) is 19.4 Å². The van der Waals surface area contributed by atoms with Gasteiger partial charge in [-0.3, -0.25) is 0 Å². The van der Waals surface area contributed by atoms with Crippen LogP contribution in [0.4, 0.5) is 0 Å². The van der Waals surface area contributed by atoms with Crippen LogP contribution in [0.25, 0.3) is 11.4 Å². The third kappa shape index (κ3) is 2.71. The molecule has 17 heavy (non-hydrogen) atoms. The molecule has 0 bridgehead atoms. The Morgan fingerprint density at radius 3 is 2.76 bits per heavy atom. The van der Waals surface area contributed by atoms with Crippen molar-refractivity contribution in [1.82, 2.24) is 9.55 Å². The van der Waals surface area contributed by atoms with E-state index in [1.54, 1.807) is 6.20 Å². The first-order chi connectivity index (χ1) is 8.18. The maximum Gasteiger partial charge on any atom is 0.140 e. The summed E-state index contributed by atoms with van der Waals surface area (Å²) in [5.41, 5.74) is 6.69. The maximum absolute atomic E-state index is 5.59. The molecule has 0 aliphatic heterocycles. The Hall–Kier alpha value is -1.68. The molecule has 88 valence electrons. The largest absolute Gasteiger partial charge is 0.393 e. The van der Waals surface area contributed by atoms with E-state index in [1.165, 1.54) is 0 Å². The third-order valence-corrected chi connectivity index (χ3v) is 2.84. The van der Waals surface area contributed by atoms with E-state index < -0.39 is 0 Å². The van der Waals surface area contributed by atoms with E-state index >= 15 is 0 Å². The normalized spacial score (nSPS) is 12.3. The molecule has 2 aromatic rings. The highest BCUT2D eigenvalue weighted by Gasteiger charge is 2.11. The van der Waals surface area contributed by atoms with Crippen molar-refractivity contribution >= 4 is 17.2 Å². The Morgan fingerprint density at radius 2 is 2.12 bits per heavy atom. The highest BCUT2D eigenvalue weighted by molar-refractivity contribution is 7.80. The summed E-state index contributed by atoms with van der Waals surface area (Å²) < 4.78 is 2.11. The van der Waals surface area contributed by atoms with Crippen molar-refractivity contribution in [2.75, 3.05) is 0 Å². The molecule has 1 heterocycles. The van der Waals surface area contributed by atoms with Crippen LogP contribution >= 0.6 is 12.2 Å². The molecule has 0 fully saturated rings. The number of hydrogen-bond acceptors (Lipinski definition) is 2. The molecule has 0 saturated carbocycles. The number of benzene rings is 1. The van der Waals surface area contributed by atoms with Crippen LogP contribution in [0.15, 0.2) is 42.7 Å². The molecule has 1 aromatic carbocycles. The topological polar surface area (TPSA) is 43.8 Å². The van der Waals surface area contributed by atoms with Crippen molar-refractivity contribution in [3.05, 3.63) is 42.7 Å². The molecular weight excluding hydrogens is 230 g/mol. The van der Waals surface area contributed by atoms with Crippen LogP contribution in [-0.4, -0.2) is 14.5 Å². The minimum absolute atomic E-state index is 0.227. The van der Waals surface area contributed by atoms with Gasteiger partial charge in [-0.25, -0.2) is 4.98 Å². The number of aromatic nitrogens is 2. The van der Waals surface area contributed by atoms with Crippen LogP contribution in [0.5, 0.6) is 0 Å². The van der Waals surface area contributed by atoms with E-state index in [1.807, 2.05) is 36.5 Å². The molecule has 1 unspecified atom stereocenters. The second-order valence-corrected chi connectivity index (χ2v) is 4.57. The number of imidazole rings is 1. The number of rotatable bonds is 4. The number of nitrogens with zero attached hydrogens (tertiary/aromatic N) is 2. The van der Waals surface area contributed by atoms with Crippen molar-refractivity contribution < 1.29 is 0 Å². The lowest BCUT2D eigenvalue weighted by molar-refractivity contribution is 0.574. The van der Waals surface area contributed by atoms with Gasteiger partial charge in [-0.05, 0) is 6.92 Å². The van der Waals surface area contributed by atoms with Gasteiger partial charge in [-0.2, -0.15) is 0 Å². The summed E-state index contributed by atoms with van der Waals surface area (Å²) in [6.07, 6.45) is 4.45. The van der Waals surface area contributed by atoms with Crippen LogP contribution in [0, 0.1) is 0 Å². The van der Waals surface area contributed by atoms with Crippen molar-refractivity contribution in [3.63, 3.8) is 0 Å². The summed E-state index contributed by atoms with van der Waals surface area (Å²) in [7, 11) is 0. The molecule has 0 aliphatic rings. The Morgan fingerprint density at radius 1 is 1.41 bits per heavy atom. The Labute approximate surface area is 106 Å². The Bertz CT molecular complexity index is 504. The van der Waals surface area contributed by atoms with Crippen molar-refractivity contribution in [1.29, 1.82) is 0 Å². The zero-order chi connectivity index (χ0) is 12.3. The monoisotopic (exact) mass is 245 g/mol. The van der Waals surface area contributed by atoms with E-state index in [0.717, 1.165) is 11.4 Å². The lowest BCUT2D eigenvalue weighted by Gasteiger charge is -2.15. The second-order valence-electron chi connectivity index (χ2n) is 4.04. The lowest BCUT2D eigenvalue weighted by Crippen LogP contribution is -2.16. The first-order valence-electron chi connectivity index (χ1n) is 5.55. The fraction of sp³-hybridized carbons (Fsp3) is 0.231. The van der Waals surface area contributed by atoms with Gasteiger partial charge < -0.3 is 10.3 Å². The molecule has 1 atom stereocenters. The minimum atomic E-state index is 0.227. The molecule has 0 amide bonds. The van der Waals surface area contributed by atoms with Gasteiger partial charge in [0.1, 0.15) is 5.82 Å². The van der Waals surface area contributed by atoms with Crippen LogP contribution in [0.1, 0.15) is 19.4 Å². The zero-order valence-corrected chi connectivity index (χ0v) is 10.5. The fourth-order valence-electron chi connectivity index (χ4n) is 1.87. The molecule has 3 nitrogen and oxygen atoms in total. The van der Waals surface area contributed by atoms with E-state index in [4.69, 9.17) is 18.0 Å². The molecule has 0 spiro atoms. The summed E-state index contributed by atoms with van der Waals surface area (Å²) in [6, 6.07) is 10.3. The molecule has 1 aromatic heterocycles. The maximum atomic E-state index is 5.59. The Balaban J connectivity index is 2.32. The average Bonchev–Trinajstić information content (AvgIpc) is 2.78. The van der Waals surface area contributed by atoms with Gasteiger partial charge in [0.05, 0.1) is 4.99 Å². The van der Waals surface area contributed by atoms with E-state index in [0.29, 0.717) is 11.4 Å².